The first kappa shape index (κ1) is 21.5. The summed E-state index contributed by atoms with van der Waals surface area (Å²) < 4.78 is 37.1. The van der Waals surface area contributed by atoms with Gasteiger partial charge >= 0.3 is 0 Å². The molecule has 0 bridgehead atoms. The molecule has 0 spiro atoms. The maximum atomic E-state index is 12.9. The molecule has 1 amide bonds. The number of amides is 1. The number of ether oxygens (including phenoxy) is 2. The standard InChI is InChI=1S/C23H28N2O5S/c1-31(27,28)25(20-7-8-21-22(16-20)30-14-13-29-21)17-23(26)24-11-9-19(10-12-24)15-18-5-3-2-4-6-18/h2-8,16,19H,9-15,17H2,1H3. The lowest BCUT2D eigenvalue weighted by Gasteiger charge is -2.34. The topological polar surface area (TPSA) is 76.2 Å². The number of carbonyl (C=O) groups is 1. The van der Waals surface area contributed by atoms with Gasteiger partial charge in [-0.1, -0.05) is 30.3 Å². The fourth-order valence-corrected chi connectivity index (χ4v) is 4.99. The highest BCUT2D eigenvalue weighted by Crippen LogP contribution is 2.34. The van der Waals surface area contributed by atoms with Crippen molar-refractivity contribution in [1.29, 1.82) is 0 Å². The summed E-state index contributed by atoms with van der Waals surface area (Å²) in [5, 5.41) is 0. The van der Waals surface area contributed by atoms with E-state index in [-0.39, 0.29) is 12.5 Å². The van der Waals surface area contributed by atoms with Crippen molar-refractivity contribution in [3.8, 4) is 11.5 Å². The summed E-state index contributed by atoms with van der Waals surface area (Å²) in [5.74, 6) is 1.43. The van der Waals surface area contributed by atoms with Crippen LogP contribution in [0.25, 0.3) is 0 Å². The smallest absolute Gasteiger partial charge is 0.243 e. The minimum Gasteiger partial charge on any atom is -0.486 e. The first-order chi connectivity index (χ1) is 14.9. The Balaban J connectivity index is 1.40. The zero-order chi connectivity index (χ0) is 21.8. The molecule has 1 fully saturated rings. The Morgan fingerprint density at radius 2 is 1.71 bits per heavy atom. The van der Waals surface area contributed by atoms with E-state index in [2.05, 4.69) is 12.1 Å². The minimum absolute atomic E-state index is 0.182. The summed E-state index contributed by atoms with van der Waals surface area (Å²) in [6.07, 6.45) is 3.96. The quantitative estimate of drug-likeness (QED) is 0.685. The fraction of sp³-hybridized carbons (Fsp3) is 0.435. The van der Waals surface area contributed by atoms with Crippen molar-refractivity contribution in [2.45, 2.75) is 19.3 Å². The van der Waals surface area contributed by atoms with Crippen molar-refractivity contribution in [3.05, 3.63) is 54.1 Å². The van der Waals surface area contributed by atoms with Crippen molar-refractivity contribution in [2.75, 3.05) is 43.4 Å². The van der Waals surface area contributed by atoms with E-state index < -0.39 is 10.0 Å². The molecule has 2 aromatic rings. The summed E-state index contributed by atoms with van der Waals surface area (Å²) in [7, 11) is -3.64. The summed E-state index contributed by atoms with van der Waals surface area (Å²) in [6, 6.07) is 15.3. The van der Waals surface area contributed by atoms with E-state index in [0.717, 1.165) is 29.8 Å². The first-order valence-corrected chi connectivity index (χ1v) is 12.4. The Morgan fingerprint density at radius 3 is 2.39 bits per heavy atom. The molecule has 4 rings (SSSR count). The van der Waals surface area contributed by atoms with Crippen LogP contribution in [0.2, 0.25) is 0 Å². The maximum absolute atomic E-state index is 12.9. The van der Waals surface area contributed by atoms with Gasteiger partial charge in [-0.15, -0.1) is 0 Å². The van der Waals surface area contributed by atoms with Gasteiger partial charge in [-0.3, -0.25) is 9.10 Å². The fourth-order valence-electron chi connectivity index (χ4n) is 4.14. The zero-order valence-corrected chi connectivity index (χ0v) is 18.5. The van der Waals surface area contributed by atoms with Gasteiger partial charge in [0.25, 0.3) is 0 Å². The van der Waals surface area contributed by atoms with Crippen LogP contribution >= 0.6 is 0 Å². The number of hydrogen-bond donors (Lipinski definition) is 0. The van der Waals surface area contributed by atoms with Crippen LogP contribution in [0.15, 0.2) is 48.5 Å². The third kappa shape index (κ3) is 5.31. The molecular weight excluding hydrogens is 416 g/mol. The second-order valence-electron chi connectivity index (χ2n) is 8.11. The Kier molecular flexibility index (Phi) is 6.36. The van der Waals surface area contributed by atoms with E-state index in [4.69, 9.17) is 9.47 Å². The number of fused-ring (bicyclic) bond motifs is 1. The van der Waals surface area contributed by atoms with E-state index >= 15 is 0 Å². The van der Waals surface area contributed by atoms with Crippen LogP contribution in [0.3, 0.4) is 0 Å². The largest absolute Gasteiger partial charge is 0.486 e. The lowest BCUT2D eigenvalue weighted by molar-refractivity contribution is -0.130. The number of hydrogen-bond acceptors (Lipinski definition) is 5. The van der Waals surface area contributed by atoms with Crippen molar-refractivity contribution >= 4 is 21.6 Å². The lowest BCUT2D eigenvalue weighted by Crippen LogP contribution is -2.46. The molecule has 2 aliphatic rings. The molecule has 2 aromatic carbocycles. The highest BCUT2D eigenvalue weighted by atomic mass is 32.2. The summed E-state index contributed by atoms with van der Waals surface area (Å²) in [6.45, 7) is 1.94. The lowest BCUT2D eigenvalue weighted by atomic mass is 9.90. The van der Waals surface area contributed by atoms with Gasteiger partial charge in [0.1, 0.15) is 19.8 Å². The molecule has 0 unspecified atom stereocenters. The van der Waals surface area contributed by atoms with Crippen molar-refractivity contribution in [1.82, 2.24) is 4.90 Å². The average molecular weight is 445 g/mol. The Morgan fingerprint density at radius 1 is 1.03 bits per heavy atom. The molecule has 31 heavy (non-hydrogen) atoms. The average Bonchev–Trinajstić information content (AvgIpc) is 2.77. The van der Waals surface area contributed by atoms with Crippen LogP contribution < -0.4 is 13.8 Å². The molecule has 0 N–H and O–H groups in total. The maximum Gasteiger partial charge on any atom is 0.243 e. The molecule has 2 aliphatic heterocycles. The number of piperidine rings is 1. The third-order valence-electron chi connectivity index (χ3n) is 5.83. The Labute approximate surface area is 183 Å². The van der Waals surface area contributed by atoms with Crippen LogP contribution in [-0.4, -0.2) is 58.3 Å². The molecule has 0 aromatic heterocycles. The minimum atomic E-state index is -3.64. The molecule has 166 valence electrons. The van der Waals surface area contributed by atoms with Crippen molar-refractivity contribution < 1.29 is 22.7 Å². The van der Waals surface area contributed by atoms with E-state index in [1.165, 1.54) is 5.56 Å². The van der Waals surface area contributed by atoms with E-state index in [1.54, 1.807) is 23.1 Å². The molecular formula is C23H28N2O5S. The van der Waals surface area contributed by atoms with E-state index in [1.807, 2.05) is 18.2 Å². The number of anilines is 1. The van der Waals surface area contributed by atoms with Gasteiger partial charge in [0.15, 0.2) is 11.5 Å². The van der Waals surface area contributed by atoms with Gasteiger partial charge in [-0.25, -0.2) is 8.42 Å². The van der Waals surface area contributed by atoms with Gasteiger partial charge in [-0.05, 0) is 42.9 Å². The van der Waals surface area contributed by atoms with Crippen LogP contribution in [-0.2, 0) is 21.2 Å². The normalized spacial score (nSPS) is 16.7. The molecule has 0 saturated carbocycles. The van der Waals surface area contributed by atoms with E-state index in [0.29, 0.717) is 49.4 Å². The predicted molar refractivity (Wildman–Crippen MR) is 119 cm³/mol. The summed E-state index contributed by atoms with van der Waals surface area (Å²) in [5.41, 5.74) is 1.72. The molecule has 0 radical (unpaired) electrons. The first-order valence-electron chi connectivity index (χ1n) is 10.6. The number of carbonyl (C=O) groups excluding carboxylic acids is 1. The number of sulfonamides is 1. The molecule has 0 aliphatic carbocycles. The highest BCUT2D eigenvalue weighted by Gasteiger charge is 2.28. The molecule has 7 nitrogen and oxygen atoms in total. The van der Waals surface area contributed by atoms with Gasteiger partial charge in [0, 0.05) is 19.2 Å². The van der Waals surface area contributed by atoms with Gasteiger partial charge in [0.05, 0.1) is 11.9 Å². The van der Waals surface area contributed by atoms with Crippen LogP contribution in [0.1, 0.15) is 18.4 Å². The Bertz CT molecular complexity index is 1020. The second kappa shape index (κ2) is 9.18. The molecule has 0 atom stereocenters. The molecule has 2 heterocycles. The van der Waals surface area contributed by atoms with Crippen molar-refractivity contribution in [2.24, 2.45) is 5.92 Å². The monoisotopic (exact) mass is 444 g/mol. The molecule has 1 saturated heterocycles. The van der Waals surface area contributed by atoms with Crippen LogP contribution in [0, 0.1) is 5.92 Å². The number of benzene rings is 2. The number of rotatable bonds is 6. The van der Waals surface area contributed by atoms with E-state index in [9.17, 15) is 13.2 Å². The zero-order valence-electron chi connectivity index (χ0n) is 17.7. The predicted octanol–water partition coefficient (Wildman–Crippen LogP) is 2.71. The van der Waals surface area contributed by atoms with Crippen molar-refractivity contribution in [3.63, 3.8) is 0 Å². The molecule has 8 heteroatoms. The van der Waals surface area contributed by atoms with Crippen LogP contribution in [0.4, 0.5) is 5.69 Å². The van der Waals surface area contributed by atoms with Crippen LogP contribution in [0.5, 0.6) is 11.5 Å². The number of likely N-dealkylation sites (tertiary alicyclic amines) is 1. The second-order valence-corrected chi connectivity index (χ2v) is 10.0. The SMILES string of the molecule is CS(=O)(=O)N(CC(=O)N1CCC(Cc2ccccc2)CC1)c1ccc2c(c1)OCCO2. The Hall–Kier alpha value is -2.74. The summed E-state index contributed by atoms with van der Waals surface area (Å²) in [4.78, 5) is 14.7. The highest BCUT2D eigenvalue weighted by molar-refractivity contribution is 7.92. The van der Waals surface area contributed by atoms with Gasteiger partial charge in [-0.2, -0.15) is 0 Å². The van der Waals surface area contributed by atoms with Gasteiger partial charge in [0.2, 0.25) is 15.9 Å². The van der Waals surface area contributed by atoms with Gasteiger partial charge < -0.3 is 14.4 Å². The summed E-state index contributed by atoms with van der Waals surface area (Å²) >= 11 is 0. The number of nitrogens with zero attached hydrogens (tertiary/aromatic N) is 2. The third-order valence-corrected chi connectivity index (χ3v) is 6.97.